The van der Waals surface area contributed by atoms with Crippen LogP contribution >= 0.6 is 27.3 Å². The minimum Gasteiger partial charge on any atom is -0.479 e. The molecule has 0 unspecified atom stereocenters. The average molecular weight is 766 g/mol. The summed E-state index contributed by atoms with van der Waals surface area (Å²) in [5, 5.41) is 18.8. The molecule has 47 heavy (non-hydrogen) atoms. The van der Waals surface area contributed by atoms with Crippen LogP contribution in [0.5, 0.6) is 5.75 Å². The van der Waals surface area contributed by atoms with Crippen molar-refractivity contribution in [1.82, 2.24) is 14.3 Å². The van der Waals surface area contributed by atoms with E-state index < -0.39 is 44.6 Å². The molecule has 2 N–H and O–H groups in total. The molecule has 17 heteroatoms. The standard InChI is InChI=1S/C30H29BrN4O9S3/c31-26-27(44-17-25(36)37)29(30(38)39)45-28(26)22-2-1-3-24(16-22)35(47(42,43)19-21-6-12-33-13-7-21)23-8-14-34(15-9-23)46(40,41)18-20-4-10-32-11-5-20/h1-7,10-13,16,23H,8-9,14-15,17-19H2,(H,36,37)(H,38,39). The maximum Gasteiger partial charge on any atom is 0.349 e. The monoisotopic (exact) mass is 764 g/mol. The van der Waals surface area contributed by atoms with Gasteiger partial charge in [-0.2, -0.15) is 0 Å². The van der Waals surface area contributed by atoms with Crippen LogP contribution < -0.4 is 9.04 Å². The summed E-state index contributed by atoms with van der Waals surface area (Å²) in [4.78, 5) is 31.1. The van der Waals surface area contributed by atoms with E-state index in [2.05, 4.69) is 25.9 Å². The molecule has 1 saturated heterocycles. The van der Waals surface area contributed by atoms with E-state index in [-0.39, 0.29) is 52.5 Å². The van der Waals surface area contributed by atoms with Gasteiger partial charge >= 0.3 is 11.9 Å². The van der Waals surface area contributed by atoms with Crippen molar-refractivity contribution in [2.75, 3.05) is 24.0 Å². The van der Waals surface area contributed by atoms with Gasteiger partial charge in [-0.15, -0.1) is 11.3 Å². The number of hydrogen-bond donors (Lipinski definition) is 2. The molecule has 0 amide bonds. The zero-order chi connectivity index (χ0) is 33.8. The fourth-order valence-corrected chi connectivity index (χ4v) is 10.6. The van der Waals surface area contributed by atoms with Gasteiger partial charge in [0.1, 0.15) is 0 Å². The predicted octanol–water partition coefficient (Wildman–Crippen LogP) is 4.46. The molecule has 1 aliphatic rings. The Kier molecular flexibility index (Phi) is 10.6. The normalized spacial score (nSPS) is 14.5. The van der Waals surface area contributed by atoms with E-state index in [0.29, 0.717) is 27.3 Å². The van der Waals surface area contributed by atoms with Gasteiger partial charge in [-0.1, -0.05) is 12.1 Å². The maximum absolute atomic E-state index is 14.1. The summed E-state index contributed by atoms with van der Waals surface area (Å²) in [7, 11) is -7.71. The number of nitrogens with zero attached hydrogens (tertiary/aromatic N) is 4. The first-order valence-corrected chi connectivity index (χ1v) is 19.0. The van der Waals surface area contributed by atoms with Crippen LogP contribution in [0.3, 0.4) is 0 Å². The third-order valence-electron chi connectivity index (χ3n) is 7.35. The number of aliphatic carboxylic acids is 1. The third-order valence-corrected chi connectivity index (χ3v) is 13.2. The van der Waals surface area contributed by atoms with Crippen molar-refractivity contribution in [2.45, 2.75) is 30.4 Å². The quantitative estimate of drug-likeness (QED) is 0.196. The first-order valence-electron chi connectivity index (χ1n) is 14.1. The summed E-state index contributed by atoms with van der Waals surface area (Å²) in [5.74, 6) is -3.27. The fraction of sp³-hybridized carbons (Fsp3) is 0.267. The Labute approximate surface area is 283 Å². The van der Waals surface area contributed by atoms with Crippen molar-refractivity contribution in [2.24, 2.45) is 0 Å². The molecule has 1 aliphatic heterocycles. The number of anilines is 1. The lowest BCUT2D eigenvalue weighted by Gasteiger charge is -2.38. The van der Waals surface area contributed by atoms with Gasteiger partial charge in [-0.3, -0.25) is 14.3 Å². The third kappa shape index (κ3) is 8.16. The topological polar surface area (TPSA) is 184 Å². The van der Waals surface area contributed by atoms with Crippen LogP contribution in [-0.4, -0.2) is 79.0 Å². The van der Waals surface area contributed by atoms with E-state index in [9.17, 15) is 31.5 Å². The summed E-state index contributed by atoms with van der Waals surface area (Å²) in [6.45, 7) is -0.531. The van der Waals surface area contributed by atoms with Gasteiger partial charge in [0.25, 0.3) is 0 Å². The number of rotatable bonds is 13. The van der Waals surface area contributed by atoms with Crippen LogP contribution in [0.4, 0.5) is 5.69 Å². The summed E-state index contributed by atoms with van der Waals surface area (Å²) < 4.78 is 62.9. The molecule has 1 fully saturated rings. The molecule has 4 heterocycles. The molecule has 0 aliphatic carbocycles. The van der Waals surface area contributed by atoms with Crippen LogP contribution in [0.15, 0.2) is 77.8 Å². The molecule has 248 valence electrons. The molecule has 0 bridgehead atoms. The number of aromatic nitrogens is 2. The summed E-state index contributed by atoms with van der Waals surface area (Å²) in [6.07, 6.45) is 6.51. The zero-order valence-corrected chi connectivity index (χ0v) is 28.6. The van der Waals surface area contributed by atoms with Gasteiger partial charge in [-0.05, 0) is 81.9 Å². The molecule has 1 aromatic carbocycles. The molecule has 0 radical (unpaired) electrons. The summed E-state index contributed by atoms with van der Waals surface area (Å²) in [5.41, 5.74) is 1.89. The minimum atomic E-state index is -4.03. The molecule has 5 rings (SSSR count). The van der Waals surface area contributed by atoms with Crippen LogP contribution in [0.1, 0.15) is 33.6 Å². The van der Waals surface area contributed by atoms with E-state index in [1.807, 2.05) is 0 Å². The number of carboxylic acids is 2. The van der Waals surface area contributed by atoms with Crippen LogP contribution in [0.25, 0.3) is 10.4 Å². The molecule has 0 spiro atoms. The summed E-state index contributed by atoms with van der Waals surface area (Å²) in [6, 6.07) is 12.5. The lowest BCUT2D eigenvalue weighted by molar-refractivity contribution is -0.139. The highest BCUT2D eigenvalue weighted by Gasteiger charge is 2.36. The highest BCUT2D eigenvalue weighted by atomic mass is 79.9. The average Bonchev–Trinajstić information content (AvgIpc) is 3.37. The van der Waals surface area contributed by atoms with Gasteiger partial charge in [-0.25, -0.2) is 30.7 Å². The number of hydrogen-bond acceptors (Lipinski definition) is 10. The van der Waals surface area contributed by atoms with Crippen LogP contribution in [0, 0.1) is 0 Å². The van der Waals surface area contributed by atoms with E-state index in [4.69, 9.17) is 9.84 Å². The fourth-order valence-electron chi connectivity index (χ4n) is 5.26. The number of carbonyl (C=O) groups is 2. The molecule has 4 aromatic rings. The van der Waals surface area contributed by atoms with Gasteiger partial charge in [0.15, 0.2) is 17.2 Å². The number of thiophene rings is 1. The second kappa shape index (κ2) is 14.5. The van der Waals surface area contributed by atoms with Gasteiger partial charge in [0.2, 0.25) is 20.0 Å². The Morgan fingerprint density at radius 1 is 0.936 bits per heavy atom. The Hall–Kier alpha value is -3.90. The molecular formula is C30H29BrN4O9S3. The molecule has 0 atom stereocenters. The van der Waals surface area contributed by atoms with Gasteiger partial charge in [0.05, 0.1) is 26.5 Å². The second-order valence-electron chi connectivity index (χ2n) is 10.6. The van der Waals surface area contributed by atoms with Crippen molar-refractivity contribution >= 4 is 64.9 Å². The largest absolute Gasteiger partial charge is 0.479 e. The van der Waals surface area contributed by atoms with Crippen LogP contribution in [-0.2, 0) is 36.3 Å². The number of aromatic carboxylic acids is 1. The van der Waals surface area contributed by atoms with E-state index >= 15 is 0 Å². The lowest BCUT2D eigenvalue weighted by atomic mass is 10.1. The van der Waals surface area contributed by atoms with Crippen molar-refractivity contribution in [3.05, 3.63) is 93.8 Å². The predicted molar refractivity (Wildman–Crippen MR) is 178 cm³/mol. The van der Waals surface area contributed by atoms with Crippen molar-refractivity contribution < 1.29 is 41.4 Å². The highest BCUT2D eigenvalue weighted by Crippen LogP contribution is 2.46. The van der Waals surface area contributed by atoms with Gasteiger partial charge in [0, 0.05) is 43.9 Å². The Bertz CT molecular complexity index is 1970. The number of carboxylic acid groups (broad SMARTS) is 2. The summed E-state index contributed by atoms with van der Waals surface area (Å²) >= 11 is 4.21. The Morgan fingerprint density at radius 3 is 2.11 bits per heavy atom. The van der Waals surface area contributed by atoms with Crippen molar-refractivity contribution in [3.8, 4) is 16.2 Å². The van der Waals surface area contributed by atoms with Crippen LogP contribution in [0.2, 0.25) is 0 Å². The SMILES string of the molecule is O=C(O)COc1c(C(=O)O)sc(-c2cccc(N(C3CCN(S(=O)(=O)Cc4ccncc4)CC3)S(=O)(=O)Cc3ccncc3)c2)c1Br. The molecule has 3 aromatic heterocycles. The second-order valence-corrected chi connectivity index (χ2v) is 16.2. The molecule has 0 saturated carbocycles. The number of halogens is 1. The number of sulfonamides is 2. The zero-order valence-electron chi connectivity index (χ0n) is 24.6. The first-order chi connectivity index (χ1) is 22.4. The molecule has 13 nitrogen and oxygen atoms in total. The maximum atomic E-state index is 14.1. The van der Waals surface area contributed by atoms with Crippen molar-refractivity contribution in [1.29, 1.82) is 0 Å². The number of benzene rings is 1. The van der Waals surface area contributed by atoms with E-state index in [1.165, 1.54) is 33.4 Å². The van der Waals surface area contributed by atoms with E-state index in [1.54, 1.807) is 48.5 Å². The number of pyridine rings is 2. The molecular weight excluding hydrogens is 736 g/mol. The Morgan fingerprint density at radius 2 is 1.53 bits per heavy atom. The highest BCUT2D eigenvalue weighted by molar-refractivity contribution is 9.10. The number of ether oxygens (including phenoxy) is 1. The van der Waals surface area contributed by atoms with Gasteiger partial charge < -0.3 is 14.9 Å². The Balaban J connectivity index is 1.48. The minimum absolute atomic E-state index is 0.113. The lowest BCUT2D eigenvalue weighted by Crippen LogP contribution is -2.49. The first kappa shape index (κ1) is 34.4. The number of piperidine rings is 1. The van der Waals surface area contributed by atoms with E-state index in [0.717, 1.165) is 11.3 Å². The van der Waals surface area contributed by atoms with Crippen molar-refractivity contribution in [3.63, 3.8) is 0 Å². The smallest absolute Gasteiger partial charge is 0.349 e.